The van der Waals surface area contributed by atoms with Crippen LogP contribution in [0.2, 0.25) is 0 Å². The molecule has 0 fully saturated rings. The van der Waals surface area contributed by atoms with Crippen molar-refractivity contribution in [2.45, 2.75) is 45.8 Å². The fourth-order valence-corrected chi connectivity index (χ4v) is 3.76. The first-order chi connectivity index (χ1) is 8.74. The number of hydrogen-bond donors (Lipinski definition) is 1. The first-order valence-electron chi connectivity index (χ1n) is 7.42. The Labute approximate surface area is 117 Å². The first kappa shape index (κ1) is 15.8. The van der Waals surface area contributed by atoms with E-state index in [0.29, 0.717) is 5.25 Å². The first-order valence-corrected chi connectivity index (χ1v) is 8.30. The van der Waals surface area contributed by atoms with E-state index in [4.69, 9.17) is 0 Å². The Morgan fingerprint density at radius 2 is 1.94 bits per heavy atom. The SMILES string of the molecule is CCC(CC)C1CN=C(NCCN(CC)CC)S1. The maximum absolute atomic E-state index is 4.63. The Morgan fingerprint density at radius 3 is 2.50 bits per heavy atom. The molecule has 4 heteroatoms. The molecular weight excluding hydrogens is 242 g/mol. The Bertz CT molecular complexity index is 247. The van der Waals surface area contributed by atoms with Gasteiger partial charge in [0.2, 0.25) is 0 Å². The van der Waals surface area contributed by atoms with Crippen LogP contribution in [0.25, 0.3) is 0 Å². The summed E-state index contributed by atoms with van der Waals surface area (Å²) in [6.45, 7) is 14.4. The highest BCUT2D eigenvalue weighted by molar-refractivity contribution is 8.14. The summed E-state index contributed by atoms with van der Waals surface area (Å²) in [5.41, 5.74) is 0. The zero-order chi connectivity index (χ0) is 13.4. The van der Waals surface area contributed by atoms with Crippen molar-refractivity contribution < 1.29 is 0 Å². The van der Waals surface area contributed by atoms with Gasteiger partial charge in [0.1, 0.15) is 0 Å². The molecule has 0 aromatic heterocycles. The molecule has 106 valence electrons. The van der Waals surface area contributed by atoms with Crippen molar-refractivity contribution in [3.05, 3.63) is 0 Å². The highest BCUT2D eigenvalue weighted by atomic mass is 32.2. The lowest BCUT2D eigenvalue weighted by atomic mass is 9.99. The van der Waals surface area contributed by atoms with E-state index in [1.807, 2.05) is 11.8 Å². The average molecular weight is 271 g/mol. The fraction of sp³-hybridized carbons (Fsp3) is 0.929. The maximum atomic E-state index is 4.63. The lowest BCUT2D eigenvalue weighted by molar-refractivity contribution is 0.309. The molecule has 1 aliphatic rings. The van der Waals surface area contributed by atoms with Crippen LogP contribution < -0.4 is 5.32 Å². The molecule has 0 spiro atoms. The Morgan fingerprint density at radius 1 is 1.28 bits per heavy atom. The zero-order valence-corrected chi connectivity index (χ0v) is 13.2. The lowest BCUT2D eigenvalue weighted by Crippen LogP contribution is -2.33. The normalized spacial score (nSPS) is 19.7. The molecule has 1 rings (SSSR count). The third-order valence-corrected chi connectivity index (χ3v) is 5.18. The standard InChI is InChI=1S/C14H29N3S/c1-5-12(6-2)13-11-16-14(18-13)15-9-10-17(7-3)8-4/h12-13H,5-11H2,1-4H3,(H,15,16). The van der Waals surface area contributed by atoms with Crippen LogP contribution in [0.15, 0.2) is 4.99 Å². The largest absolute Gasteiger partial charge is 0.364 e. The molecule has 0 aromatic rings. The molecule has 1 aliphatic heterocycles. The van der Waals surface area contributed by atoms with Crippen LogP contribution >= 0.6 is 11.8 Å². The van der Waals surface area contributed by atoms with Crippen molar-refractivity contribution in [1.29, 1.82) is 0 Å². The molecule has 1 atom stereocenters. The monoisotopic (exact) mass is 271 g/mol. The molecule has 3 nitrogen and oxygen atoms in total. The van der Waals surface area contributed by atoms with Gasteiger partial charge < -0.3 is 10.2 Å². The van der Waals surface area contributed by atoms with Crippen LogP contribution in [0.3, 0.4) is 0 Å². The van der Waals surface area contributed by atoms with Crippen molar-refractivity contribution in [2.75, 3.05) is 32.7 Å². The summed E-state index contributed by atoms with van der Waals surface area (Å²) in [4.78, 5) is 7.07. The number of rotatable bonds is 8. The Kier molecular flexibility index (Phi) is 7.75. The summed E-state index contributed by atoms with van der Waals surface area (Å²) in [5.74, 6) is 0.820. The molecule has 0 bridgehead atoms. The van der Waals surface area contributed by atoms with Gasteiger partial charge in [0.25, 0.3) is 0 Å². The predicted octanol–water partition coefficient (Wildman–Crippen LogP) is 2.83. The molecule has 0 aliphatic carbocycles. The zero-order valence-electron chi connectivity index (χ0n) is 12.4. The summed E-state index contributed by atoms with van der Waals surface area (Å²) in [6.07, 6.45) is 2.55. The summed E-state index contributed by atoms with van der Waals surface area (Å²) < 4.78 is 0. The van der Waals surface area contributed by atoms with Crippen molar-refractivity contribution >= 4 is 16.9 Å². The Hall–Kier alpha value is -0.220. The molecular formula is C14H29N3S. The van der Waals surface area contributed by atoms with Gasteiger partial charge in [0, 0.05) is 18.3 Å². The average Bonchev–Trinajstić information content (AvgIpc) is 2.85. The van der Waals surface area contributed by atoms with E-state index in [9.17, 15) is 0 Å². The topological polar surface area (TPSA) is 27.6 Å². The Balaban J connectivity index is 2.22. The third kappa shape index (κ3) is 4.81. The summed E-state index contributed by atoms with van der Waals surface area (Å²) >= 11 is 1.96. The van der Waals surface area contributed by atoms with Gasteiger partial charge in [0.15, 0.2) is 5.17 Å². The van der Waals surface area contributed by atoms with Crippen molar-refractivity contribution in [2.24, 2.45) is 10.9 Å². The number of aliphatic imine (C=N–C) groups is 1. The summed E-state index contributed by atoms with van der Waals surface area (Å²) in [6, 6.07) is 0. The van der Waals surface area contributed by atoms with Crippen molar-refractivity contribution in [3.8, 4) is 0 Å². The number of thioether (sulfide) groups is 1. The molecule has 0 radical (unpaired) electrons. The van der Waals surface area contributed by atoms with E-state index in [0.717, 1.165) is 38.6 Å². The highest BCUT2D eigenvalue weighted by Gasteiger charge is 2.25. The predicted molar refractivity (Wildman–Crippen MR) is 83.5 cm³/mol. The van der Waals surface area contributed by atoms with E-state index >= 15 is 0 Å². The molecule has 1 unspecified atom stereocenters. The van der Waals surface area contributed by atoms with E-state index in [2.05, 4.69) is 42.9 Å². The lowest BCUT2D eigenvalue weighted by Gasteiger charge is -2.20. The van der Waals surface area contributed by atoms with Crippen molar-refractivity contribution in [1.82, 2.24) is 10.2 Å². The van der Waals surface area contributed by atoms with Gasteiger partial charge >= 0.3 is 0 Å². The van der Waals surface area contributed by atoms with Crippen LogP contribution in [0.4, 0.5) is 0 Å². The minimum absolute atomic E-state index is 0.705. The van der Waals surface area contributed by atoms with Crippen molar-refractivity contribution in [3.63, 3.8) is 0 Å². The van der Waals surface area contributed by atoms with Gasteiger partial charge in [-0.15, -0.1) is 0 Å². The third-order valence-electron chi connectivity index (χ3n) is 3.85. The van der Waals surface area contributed by atoms with Crippen LogP contribution in [0.5, 0.6) is 0 Å². The van der Waals surface area contributed by atoms with Gasteiger partial charge in [0.05, 0.1) is 6.54 Å². The van der Waals surface area contributed by atoms with Crippen LogP contribution in [-0.4, -0.2) is 48.0 Å². The van der Waals surface area contributed by atoms with E-state index in [-0.39, 0.29) is 0 Å². The van der Waals surface area contributed by atoms with Gasteiger partial charge in [-0.3, -0.25) is 4.99 Å². The second-order valence-corrected chi connectivity index (χ2v) is 6.06. The highest BCUT2D eigenvalue weighted by Crippen LogP contribution is 2.30. The minimum atomic E-state index is 0.705. The second kappa shape index (κ2) is 8.81. The van der Waals surface area contributed by atoms with Crippen LogP contribution in [0.1, 0.15) is 40.5 Å². The quantitative estimate of drug-likeness (QED) is 0.735. The smallest absolute Gasteiger partial charge is 0.156 e. The van der Waals surface area contributed by atoms with Crippen LogP contribution in [0, 0.1) is 5.92 Å². The van der Waals surface area contributed by atoms with E-state index in [1.165, 1.54) is 18.0 Å². The fourth-order valence-electron chi connectivity index (χ4n) is 2.41. The molecule has 0 saturated carbocycles. The van der Waals surface area contributed by atoms with Gasteiger partial charge in [-0.25, -0.2) is 0 Å². The molecule has 0 amide bonds. The molecule has 0 aromatic carbocycles. The van der Waals surface area contributed by atoms with E-state index < -0.39 is 0 Å². The second-order valence-electron chi connectivity index (χ2n) is 4.83. The number of hydrogen-bond acceptors (Lipinski definition) is 4. The maximum Gasteiger partial charge on any atom is 0.156 e. The number of nitrogens with one attached hydrogen (secondary N) is 1. The van der Waals surface area contributed by atoms with E-state index in [1.54, 1.807) is 0 Å². The van der Waals surface area contributed by atoms with Crippen LogP contribution in [-0.2, 0) is 0 Å². The van der Waals surface area contributed by atoms with Gasteiger partial charge in [-0.2, -0.15) is 0 Å². The molecule has 0 saturated heterocycles. The number of nitrogens with zero attached hydrogens (tertiary/aromatic N) is 2. The van der Waals surface area contributed by atoms with Gasteiger partial charge in [-0.05, 0) is 19.0 Å². The summed E-state index contributed by atoms with van der Waals surface area (Å²) in [5, 5.41) is 5.36. The minimum Gasteiger partial charge on any atom is -0.364 e. The number of amidine groups is 1. The molecule has 1 N–H and O–H groups in total. The molecule has 18 heavy (non-hydrogen) atoms. The molecule has 1 heterocycles. The van der Waals surface area contributed by atoms with Gasteiger partial charge in [-0.1, -0.05) is 52.3 Å². The summed E-state index contributed by atoms with van der Waals surface area (Å²) in [7, 11) is 0. The number of likely N-dealkylation sites (N-methyl/N-ethyl adjacent to an activating group) is 1.